The number of aliphatic hydroxyl groups is 1. The van der Waals surface area contributed by atoms with Crippen LogP contribution in [0.3, 0.4) is 0 Å². The Morgan fingerprint density at radius 3 is 2.92 bits per heavy atom. The highest BCUT2D eigenvalue weighted by atomic mass is 79.9. The summed E-state index contributed by atoms with van der Waals surface area (Å²) in [6.45, 7) is 0.142. The first-order chi connectivity index (χ1) is 11.6. The molecule has 1 amide bonds. The first-order valence-corrected chi connectivity index (χ1v) is 9.03. The normalized spacial score (nSPS) is 12.1. The molecule has 0 fully saturated rings. The molecule has 0 bridgehead atoms. The van der Waals surface area contributed by atoms with Crippen LogP contribution in [-0.2, 0) is 0 Å². The third-order valence-electron chi connectivity index (χ3n) is 3.74. The molecular formula is C18H16BrNO3S. The van der Waals surface area contributed by atoms with Gasteiger partial charge < -0.3 is 15.2 Å². The second-order valence-electron chi connectivity index (χ2n) is 5.26. The van der Waals surface area contributed by atoms with E-state index >= 15 is 0 Å². The van der Waals surface area contributed by atoms with Crippen LogP contribution in [0.5, 0.6) is 5.75 Å². The second kappa shape index (κ2) is 7.34. The number of carbonyl (C=O) groups excluding carboxylic acids is 1. The number of methoxy groups -OCH3 is 1. The van der Waals surface area contributed by atoms with Gasteiger partial charge in [-0.1, -0.05) is 18.2 Å². The summed E-state index contributed by atoms with van der Waals surface area (Å²) in [4.78, 5) is 12.4. The maximum absolute atomic E-state index is 12.4. The molecule has 124 valence electrons. The number of ether oxygens (including phenoxy) is 1. The summed E-state index contributed by atoms with van der Waals surface area (Å²) in [5.41, 5.74) is 1.30. The largest absolute Gasteiger partial charge is 0.497 e. The van der Waals surface area contributed by atoms with Crippen molar-refractivity contribution in [2.24, 2.45) is 0 Å². The summed E-state index contributed by atoms with van der Waals surface area (Å²) in [7, 11) is 1.55. The lowest BCUT2D eigenvalue weighted by Gasteiger charge is -2.13. The molecule has 0 saturated carbocycles. The van der Waals surface area contributed by atoms with Crippen molar-refractivity contribution in [2.75, 3.05) is 13.7 Å². The topological polar surface area (TPSA) is 58.6 Å². The predicted molar refractivity (Wildman–Crippen MR) is 99.8 cm³/mol. The number of hydrogen-bond acceptors (Lipinski definition) is 4. The Balaban J connectivity index is 1.72. The van der Waals surface area contributed by atoms with Crippen LogP contribution >= 0.6 is 27.3 Å². The van der Waals surface area contributed by atoms with Crippen molar-refractivity contribution in [2.45, 2.75) is 6.10 Å². The molecule has 0 aliphatic rings. The lowest BCUT2D eigenvalue weighted by molar-refractivity contribution is 0.0916. The van der Waals surface area contributed by atoms with Gasteiger partial charge >= 0.3 is 0 Å². The van der Waals surface area contributed by atoms with Gasteiger partial charge in [-0.3, -0.25) is 4.79 Å². The molecule has 2 aromatic carbocycles. The van der Waals surface area contributed by atoms with E-state index in [1.807, 2.05) is 29.6 Å². The summed E-state index contributed by atoms with van der Waals surface area (Å²) in [5, 5.41) is 16.2. The Bertz CT molecular complexity index is 878. The van der Waals surface area contributed by atoms with Crippen LogP contribution in [0.25, 0.3) is 10.1 Å². The Kier molecular flexibility index (Phi) is 5.18. The fraction of sp³-hybridized carbons (Fsp3) is 0.167. The van der Waals surface area contributed by atoms with Gasteiger partial charge in [0.15, 0.2) is 0 Å². The number of benzene rings is 2. The van der Waals surface area contributed by atoms with E-state index in [9.17, 15) is 9.90 Å². The Labute approximate surface area is 152 Å². The van der Waals surface area contributed by atoms with Crippen molar-refractivity contribution < 1.29 is 14.6 Å². The van der Waals surface area contributed by atoms with E-state index in [1.54, 1.807) is 36.6 Å². The molecule has 24 heavy (non-hydrogen) atoms. The predicted octanol–water partition coefficient (Wildman–Crippen LogP) is 4.14. The zero-order chi connectivity index (χ0) is 17.1. The van der Waals surface area contributed by atoms with Gasteiger partial charge in [-0.15, -0.1) is 11.3 Å². The van der Waals surface area contributed by atoms with E-state index < -0.39 is 6.10 Å². The molecule has 6 heteroatoms. The van der Waals surface area contributed by atoms with E-state index in [-0.39, 0.29) is 12.5 Å². The minimum Gasteiger partial charge on any atom is -0.497 e. The van der Waals surface area contributed by atoms with Gasteiger partial charge in [-0.2, -0.15) is 0 Å². The molecule has 1 heterocycles. The lowest BCUT2D eigenvalue weighted by atomic mass is 10.1. The molecule has 0 aliphatic carbocycles. The zero-order valence-electron chi connectivity index (χ0n) is 13.0. The molecule has 4 nitrogen and oxygen atoms in total. The molecular weight excluding hydrogens is 390 g/mol. The van der Waals surface area contributed by atoms with Crippen molar-refractivity contribution in [3.8, 4) is 5.75 Å². The van der Waals surface area contributed by atoms with Crippen molar-refractivity contribution in [3.05, 3.63) is 63.4 Å². The summed E-state index contributed by atoms with van der Waals surface area (Å²) >= 11 is 4.94. The highest BCUT2D eigenvalue weighted by molar-refractivity contribution is 9.10. The summed E-state index contributed by atoms with van der Waals surface area (Å²) in [6, 6.07) is 13.1. The fourth-order valence-corrected chi connectivity index (χ4v) is 3.89. The first kappa shape index (κ1) is 17.0. The quantitative estimate of drug-likeness (QED) is 0.670. The minimum absolute atomic E-state index is 0.142. The van der Waals surface area contributed by atoms with Crippen LogP contribution < -0.4 is 10.1 Å². The van der Waals surface area contributed by atoms with Crippen LogP contribution in [-0.4, -0.2) is 24.7 Å². The van der Waals surface area contributed by atoms with Gasteiger partial charge in [-0.05, 0) is 51.0 Å². The van der Waals surface area contributed by atoms with Crippen LogP contribution in [0, 0.1) is 0 Å². The van der Waals surface area contributed by atoms with Gasteiger partial charge in [0.05, 0.1) is 18.8 Å². The average molecular weight is 406 g/mol. The molecule has 1 aromatic heterocycles. The standard InChI is InChI=1S/C18H16BrNO3S/c1-23-11-6-7-15(19)13(8-11)18(22)20-9-16(21)14-10-24-17-5-3-2-4-12(14)17/h2-8,10,16,21H,9H2,1H3,(H,20,22)/t16-/m1/s1. The van der Waals surface area contributed by atoms with Crippen molar-refractivity contribution in [3.63, 3.8) is 0 Å². The summed E-state index contributed by atoms with van der Waals surface area (Å²) < 4.78 is 6.94. The zero-order valence-corrected chi connectivity index (χ0v) is 15.4. The fourth-order valence-electron chi connectivity index (χ4n) is 2.46. The first-order valence-electron chi connectivity index (χ1n) is 7.36. The van der Waals surface area contributed by atoms with Gasteiger partial charge in [0, 0.05) is 21.3 Å². The van der Waals surface area contributed by atoms with Crippen molar-refractivity contribution in [1.82, 2.24) is 5.32 Å². The Hall–Kier alpha value is -1.89. The van der Waals surface area contributed by atoms with Crippen LogP contribution in [0.4, 0.5) is 0 Å². The molecule has 3 rings (SSSR count). The lowest BCUT2D eigenvalue weighted by Crippen LogP contribution is -2.28. The number of carbonyl (C=O) groups is 1. The summed E-state index contributed by atoms with van der Waals surface area (Å²) in [5.74, 6) is 0.340. The average Bonchev–Trinajstić information content (AvgIpc) is 3.04. The minimum atomic E-state index is -0.755. The number of hydrogen-bond donors (Lipinski definition) is 2. The maximum atomic E-state index is 12.4. The maximum Gasteiger partial charge on any atom is 0.252 e. The van der Waals surface area contributed by atoms with E-state index in [2.05, 4.69) is 21.2 Å². The van der Waals surface area contributed by atoms with Crippen molar-refractivity contribution >= 4 is 43.3 Å². The molecule has 0 unspecified atom stereocenters. The SMILES string of the molecule is COc1ccc(Br)c(C(=O)NC[C@@H](O)c2csc3ccccc23)c1. The van der Waals surface area contributed by atoms with E-state index in [0.29, 0.717) is 15.8 Å². The molecule has 3 aromatic rings. The van der Waals surface area contributed by atoms with Gasteiger partial charge in [0.2, 0.25) is 0 Å². The summed E-state index contributed by atoms with van der Waals surface area (Å²) in [6.07, 6.45) is -0.755. The number of fused-ring (bicyclic) bond motifs is 1. The molecule has 0 aliphatic heterocycles. The van der Waals surface area contributed by atoms with Crippen LogP contribution in [0.2, 0.25) is 0 Å². The number of thiophene rings is 1. The highest BCUT2D eigenvalue weighted by Gasteiger charge is 2.16. The number of aliphatic hydroxyl groups excluding tert-OH is 1. The third-order valence-corrected chi connectivity index (χ3v) is 5.42. The number of halogens is 1. The molecule has 0 radical (unpaired) electrons. The molecule has 0 spiro atoms. The van der Waals surface area contributed by atoms with Crippen molar-refractivity contribution in [1.29, 1.82) is 0 Å². The highest BCUT2D eigenvalue weighted by Crippen LogP contribution is 2.30. The van der Waals surface area contributed by atoms with Gasteiger partial charge in [0.1, 0.15) is 5.75 Å². The van der Waals surface area contributed by atoms with Crippen LogP contribution in [0.15, 0.2) is 52.3 Å². The second-order valence-corrected chi connectivity index (χ2v) is 7.02. The third kappa shape index (κ3) is 3.45. The van der Waals surface area contributed by atoms with Gasteiger partial charge in [0.25, 0.3) is 5.91 Å². The Morgan fingerprint density at radius 1 is 1.33 bits per heavy atom. The molecule has 0 saturated heterocycles. The monoisotopic (exact) mass is 405 g/mol. The smallest absolute Gasteiger partial charge is 0.252 e. The van der Waals surface area contributed by atoms with E-state index in [1.165, 1.54) is 0 Å². The number of rotatable bonds is 5. The molecule has 2 N–H and O–H groups in total. The van der Waals surface area contributed by atoms with E-state index in [0.717, 1.165) is 15.6 Å². The molecule has 1 atom stereocenters. The number of amides is 1. The van der Waals surface area contributed by atoms with Gasteiger partial charge in [-0.25, -0.2) is 0 Å². The van der Waals surface area contributed by atoms with Crippen LogP contribution in [0.1, 0.15) is 22.0 Å². The Morgan fingerprint density at radius 2 is 2.12 bits per heavy atom. The van der Waals surface area contributed by atoms with E-state index in [4.69, 9.17) is 4.74 Å². The number of nitrogens with one attached hydrogen (secondary N) is 1.